The van der Waals surface area contributed by atoms with Crippen molar-refractivity contribution in [2.45, 2.75) is 96.6 Å². The van der Waals surface area contributed by atoms with Crippen LogP contribution in [0.2, 0.25) is 0 Å². The number of rotatable bonds is 5. The second kappa shape index (κ2) is 11.1. The van der Waals surface area contributed by atoms with E-state index in [1.807, 2.05) is 56.9 Å². The number of hydrogen-bond donors (Lipinski definition) is 1. The molecular weight excluding hydrogens is 482 g/mol. The molecule has 8 heteroatoms. The summed E-state index contributed by atoms with van der Waals surface area (Å²) in [6.07, 6.45) is 5.83. The van der Waals surface area contributed by atoms with Gasteiger partial charge in [0.1, 0.15) is 5.60 Å². The smallest absolute Gasteiger partial charge is 0.312 e. The van der Waals surface area contributed by atoms with Gasteiger partial charge < -0.3 is 14.5 Å². The molecule has 1 aromatic carbocycles. The molecule has 3 aliphatic rings. The van der Waals surface area contributed by atoms with Gasteiger partial charge in [0.25, 0.3) is 0 Å². The van der Waals surface area contributed by atoms with Gasteiger partial charge in [0.05, 0.1) is 11.3 Å². The summed E-state index contributed by atoms with van der Waals surface area (Å²) in [6.45, 7) is 8.83. The number of likely N-dealkylation sites (tertiary alicyclic amines) is 1. The molecule has 208 valence electrons. The van der Waals surface area contributed by atoms with Crippen LogP contribution >= 0.6 is 0 Å². The molecule has 1 saturated carbocycles. The lowest BCUT2D eigenvalue weighted by Gasteiger charge is -2.41. The number of benzene rings is 1. The van der Waals surface area contributed by atoms with Gasteiger partial charge in [-0.1, -0.05) is 12.1 Å². The van der Waals surface area contributed by atoms with Crippen LogP contribution in [0.3, 0.4) is 0 Å². The minimum Gasteiger partial charge on any atom is -0.460 e. The molecule has 1 aliphatic carbocycles. The lowest BCUT2D eigenvalue weighted by molar-refractivity contribution is -0.170. The zero-order valence-corrected chi connectivity index (χ0v) is 23.5. The highest BCUT2D eigenvalue weighted by Gasteiger charge is 2.42. The maximum absolute atomic E-state index is 13.3. The maximum atomic E-state index is 13.3. The van der Waals surface area contributed by atoms with Gasteiger partial charge in [-0.05, 0) is 90.3 Å². The summed E-state index contributed by atoms with van der Waals surface area (Å²) in [5.41, 5.74) is 0.992. The van der Waals surface area contributed by atoms with Crippen molar-refractivity contribution in [2.24, 2.45) is 11.3 Å². The van der Waals surface area contributed by atoms with E-state index in [0.29, 0.717) is 44.8 Å². The van der Waals surface area contributed by atoms with Crippen LogP contribution in [0.5, 0.6) is 0 Å². The Morgan fingerprint density at radius 2 is 1.61 bits per heavy atom. The Balaban J connectivity index is 1.26. The molecule has 3 fully saturated rings. The van der Waals surface area contributed by atoms with Gasteiger partial charge in [0.15, 0.2) is 0 Å². The van der Waals surface area contributed by atoms with E-state index in [9.17, 15) is 19.2 Å². The minimum absolute atomic E-state index is 0.0421. The fourth-order valence-electron chi connectivity index (χ4n) is 5.96. The highest BCUT2D eigenvalue weighted by atomic mass is 16.6. The lowest BCUT2D eigenvalue weighted by atomic mass is 9.79. The average Bonchev–Trinajstić information content (AvgIpc) is 2.88. The zero-order valence-electron chi connectivity index (χ0n) is 23.5. The van der Waals surface area contributed by atoms with E-state index in [2.05, 4.69) is 17.3 Å². The first-order valence-electron chi connectivity index (χ1n) is 14.0. The first kappa shape index (κ1) is 28.1. The van der Waals surface area contributed by atoms with Crippen LogP contribution < -0.4 is 10.2 Å². The summed E-state index contributed by atoms with van der Waals surface area (Å²) in [6, 6.07) is 8.43. The monoisotopic (exact) mass is 525 g/mol. The van der Waals surface area contributed by atoms with Crippen LogP contribution in [0.4, 0.5) is 5.69 Å². The quantitative estimate of drug-likeness (QED) is 0.458. The van der Waals surface area contributed by atoms with E-state index < -0.39 is 11.0 Å². The minimum atomic E-state index is -0.530. The third-order valence-electron chi connectivity index (χ3n) is 8.61. The third kappa shape index (κ3) is 6.38. The Bertz CT molecular complexity index is 1040. The van der Waals surface area contributed by atoms with Gasteiger partial charge in [-0.15, -0.1) is 0 Å². The molecule has 0 radical (unpaired) electrons. The molecule has 1 N–H and O–H groups in total. The summed E-state index contributed by atoms with van der Waals surface area (Å²) < 4.78 is 5.63. The molecule has 2 heterocycles. The second-order valence-corrected chi connectivity index (χ2v) is 12.6. The Kier molecular flexibility index (Phi) is 8.19. The molecule has 3 amide bonds. The number of carbonyl (C=O) groups excluding carboxylic acids is 4. The number of ether oxygens (including phenoxy) is 1. The predicted molar refractivity (Wildman–Crippen MR) is 145 cm³/mol. The molecular formula is C30H43N3O5. The maximum Gasteiger partial charge on any atom is 0.312 e. The Hall–Kier alpha value is -2.90. The number of anilines is 1. The summed E-state index contributed by atoms with van der Waals surface area (Å²) in [5, 5.41) is 2.43. The fourth-order valence-corrected chi connectivity index (χ4v) is 5.96. The fraction of sp³-hybridized carbons (Fsp3) is 0.667. The topological polar surface area (TPSA) is 96.0 Å². The van der Waals surface area contributed by atoms with E-state index in [0.717, 1.165) is 36.9 Å². The van der Waals surface area contributed by atoms with Crippen molar-refractivity contribution in [2.75, 3.05) is 25.0 Å². The van der Waals surface area contributed by atoms with E-state index in [4.69, 9.17) is 4.74 Å². The van der Waals surface area contributed by atoms with Crippen molar-refractivity contribution < 1.29 is 23.9 Å². The summed E-state index contributed by atoms with van der Waals surface area (Å²) in [5.74, 6) is -0.577. The van der Waals surface area contributed by atoms with Crippen molar-refractivity contribution in [3.8, 4) is 0 Å². The predicted octanol–water partition coefficient (Wildman–Crippen LogP) is 4.17. The standard InChI is InChI=1S/C30H43N3O5/c1-29(2,3)38-28(37)30(4)16-18-33(19-17-30)27(36)21-8-12-23(13-9-21)32(5)22-10-6-20(7-11-22)24-14-15-25(34)31-26(24)35/h6-7,10-11,21,23-24H,8-9,12-19H2,1-5H3,(H,31,34,35). The molecule has 0 aromatic heterocycles. The molecule has 1 aromatic rings. The molecule has 2 aliphatic heterocycles. The number of imide groups is 1. The molecule has 1 unspecified atom stereocenters. The van der Waals surface area contributed by atoms with Crippen molar-refractivity contribution in [3.63, 3.8) is 0 Å². The molecule has 1 atom stereocenters. The SMILES string of the molecule is CN(c1ccc(C2CCC(=O)NC2=O)cc1)C1CCC(C(=O)N2CCC(C)(C(=O)OC(C)(C)C)CC2)CC1. The Labute approximate surface area is 226 Å². The van der Waals surface area contributed by atoms with Crippen LogP contribution in [0.25, 0.3) is 0 Å². The summed E-state index contributed by atoms with van der Waals surface area (Å²) in [7, 11) is 2.09. The number of piperidine rings is 2. The highest BCUT2D eigenvalue weighted by molar-refractivity contribution is 6.00. The second-order valence-electron chi connectivity index (χ2n) is 12.6. The molecule has 0 bridgehead atoms. The highest BCUT2D eigenvalue weighted by Crippen LogP contribution is 2.36. The van der Waals surface area contributed by atoms with Crippen molar-refractivity contribution in [1.82, 2.24) is 10.2 Å². The number of esters is 1. The van der Waals surface area contributed by atoms with E-state index in [1.54, 1.807) is 0 Å². The van der Waals surface area contributed by atoms with Crippen LogP contribution in [0.15, 0.2) is 24.3 Å². The Morgan fingerprint density at radius 3 is 2.16 bits per heavy atom. The number of amides is 3. The van der Waals surface area contributed by atoms with Crippen LogP contribution in [-0.2, 0) is 23.9 Å². The van der Waals surface area contributed by atoms with Crippen LogP contribution in [0, 0.1) is 11.3 Å². The normalized spacial score (nSPS) is 25.9. The van der Waals surface area contributed by atoms with Crippen molar-refractivity contribution >= 4 is 29.4 Å². The lowest BCUT2D eigenvalue weighted by Crippen LogP contribution is -2.49. The Morgan fingerprint density at radius 1 is 1.00 bits per heavy atom. The number of nitrogens with one attached hydrogen (secondary N) is 1. The first-order chi connectivity index (χ1) is 17.9. The van der Waals surface area contributed by atoms with Crippen LogP contribution in [0.1, 0.15) is 90.5 Å². The molecule has 8 nitrogen and oxygen atoms in total. The van der Waals surface area contributed by atoms with Crippen molar-refractivity contribution in [3.05, 3.63) is 29.8 Å². The van der Waals surface area contributed by atoms with Crippen LogP contribution in [-0.4, -0.2) is 60.4 Å². The molecule has 38 heavy (non-hydrogen) atoms. The average molecular weight is 526 g/mol. The van der Waals surface area contributed by atoms with Gasteiger partial charge >= 0.3 is 5.97 Å². The van der Waals surface area contributed by atoms with Gasteiger partial charge in [-0.2, -0.15) is 0 Å². The van der Waals surface area contributed by atoms with E-state index >= 15 is 0 Å². The third-order valence-corrected chi connectivity index (χ3v) is 8.61. The first-order valence-corrected chi connectivity index (χ1v) is 14.0. The van der Waals surface area contributed by atoms with Crippen molar-refractivity contribution in [1.29, 1.82) is 0 Å². The number of hydrogen-bond acceptors (Lipinski definition) is 6. The summed E-state index contributed by atoms with van der Waals surface area (Å²) in [4.78, 5) is 53.8. The number of carbonyl (C=O) groups is 4. The van der Waals surface area contributed by atoms with Gasteiger partial charge in [-0.25, -0.2) is 0 Å². The van der Waals surface area contributed by atoms with Gasteiger partial charge in [0, 0.05) is 44.2 Å². The molecule has 4 rings (SSSR count). The molecule has 0 spiro atoms. The van der Waals surface area contributed by atoms with Gasteiger partial charge in [0.2, 0.25) is 17.7 Å². The van der Waals surface area contributed by atoms with E-state index in [-0.39, 0.29) is 35.5 Å². The van der Waals surface area contributed by atoms with E-state index in [1.165, 1.54) is 0 Å². The number of nitrogens with zero attached hydrogens (tertiary/aromatic N) is 2. The summed E-state index contributed by atoms with van der Waals surface area (Å²) >= 11 is 0. The zero-order chi connectivity index (χ0) is 27.7. The largest absolute Gasteiger partial charge is 0.460 e. The van der Waals surface area contributed by atoms with Gasteiger partial charge in [-0.3, -0.25) is 24.5 Å². The molecule has 2 saturated heterocycles.